The zero-order chi connectivity index (χ0) is 19.8. The van der Waals surface area contributed by atoms with Crippen molar-refractivity contribution in [1.82, 2.24) is 0 Å². The summed E-state index contributed by atoms with van der Waals surface area (Å²) in [6.45, 7) is 16.9. The van der Waals surface area contributed by atoms with Crippen molar-refractivity contribution in [2.75, 3.05) is 13.2 Å². The van der Waals surface area contributed by atoms with Crippen LogP contribution in [0.3, 0.4) is 0 Å². The van der Waals surface area contributed by atoms with Crippen LogP contribution in [-0.2, 0) is 20.6 Å². The third kappa shape index (κ3) is 7.98. The molecule has 0 aliphatic carbocycles. The molecule has 146 valence electrons. The third-order valence-electron chi connectivity index (χ3n) is 5.07. The Balaban J connectivity index is 2.35. The molecule has 0 aromatic heterocycles. The van der Waals surface area contributed by atoms with E-state index in [0.29, 0.717) is 19.8 Å². The minimum Gasteiger partial charge on any atom is -0.416 e. The molecule has 0 heterocycles. The smallest absolute Gasteiger partial charge is 0.192 e. The highest BCUT2D eigenvalue weighted by Gasteiger charge is 2.37. The van der Waals surface area contributed by atoms with Crippen molar-refractivity contribution >= 4 is 14.1 Å². The lowest BCUT2D eigenvalue weighted by molar-refractivity contribution is -0.119. The first-order chi connectivity index (χ1) is 12.0. The quantitative estimate of drug-likeness (QED) is 0.392. The number of hydrogen-bond donors (Lipinski definition) is 0. The summed E-state index contributed by atoms with van der Waals surface area (Å²) in [5.41, 5.74) is 1.12. The van der Waals surface area contributed by atoms with Crippen LogP contribution in [0.25, 0.3) is 0 Å². The second-order valence-corrected chi connectivity index (χ2v) is 13.5. The maximum atomic E-state index is 12.3. The van der Waals surface area contributed by atoms with Crippen molar-refractivity contribution in [2.24, 2.45) is 11.8 Å². The van der Waals surface area contributed by atoms with Crippen molar-refractivity contribution in [1.29, 1.82) is 0 Å². The minimum atomic E-state index is -1.73. The molecule has 1 aromatic rings. The van der Waals surface area contributed by atoms with E-state index in [2.05, 4.69) is 40.8 Å². The molecule has 4 heteroatoms. The molecule has 0 fully saturated rings. The van der Waals surface area contributed by atoms with Gasteiger partial charge in [0.25, 0.3) is 0 Å². The molecule has 1 unspecified atom stereocenters. The Morgan fingerprint density at radius 3 is 2.31 bits per heavy atom. The molecule has 0 bridgehead atoms. The molecule has 0 aliphatic rings. The molecule has 26 heavy (non-hydrogen) atoms. The SMILES string of the molecule is CC(/C=C/C(=O)[C@H](C)COCc1ccccc1)CO[Si](C)(C)C(C)(C)C. The van der Waals surface area contributed by atoms with Crippen LogP contribution in [0.5, 0.6) is 0 Å². The highest BCUT2D eigenvalue weighted by molar-refractivity contribution is 6.74. The van der Waals surface area contributed by atoms with Gasteiger partial charge in [-0.2, -0.15) is 0 Å². The Bertz CT molecular complexity index is 573. The Hall–Kier alpha value is -1.23. The number of carbonyl (C=O) groups excluding carboxylic acids is 1. The van der Waals surface area contributed by atoms with Gasteiger partial charge in [-0.05, 0) is 35.7 Å². The van der Waals surface area contributed by atoms with E-state index in [1.165, 1.54) is 0 Å². The first-order valence-corrected chi connectivity index (χ1v) is 12.4. The summed E-state index contributed by atoms with van der Waals surface area (Å²) in [4.78, 5) is 12.3. The molecule has 0 amide bonds. The molecular formula is C22H36O3Si. The molecule has 0 radical (unpaired) electrons. The summed E-state index contributed by atoms with van der Waals surface area (Å²) in [5.74, 6) is 0.200. The van der Waals surface area contributed by atoms with Gasteiger partial charge in [0.2, 0.25) is 0 Å². The summed E-state index contributed by atoms with van der Waals surface area (Å²) in [7, 11) is -1.73. The van der Waals surface area contributed by atoms with Crippen LogP contribution in [-0.4, -0.2) is 27.3 Å². The average molecular weight is 377 g/mol. The standard InChI is InChI=1S/C22H36O3Si/c1-18(15-25-26(6,7)22(3,4)5)13-14-21(23)19(2)16-24-17-20-11-9-8-10-12-20/h8-14,18-19H,15-17H2,1-7H3/b14-13+/t18?,19-/m1/s1. The van der Waals surface area contributed by atoms with Crippen molar-refractivity contribution in [3.05, 3.63) is 48.0 Å². The fourth-order valence-corrected chi connectivity index (χ4v) is 3.16. The fourth-order valence-electron chi connectivity index (χ4n) is 2.05. The number of ether oxygens (including phenoxy) is 1. The van der Waals surface area contributed by atoms with Crippen molar-refractivity contribution < 1.29 is 14.0 Å². The highest BCUT2D eigenvalue weighted by atomic mass is 28.4. The zero-order valence-electron chi connectivity index (χ0n) is 17.5. The molecular weight excluding hydrogens is 340 g/mol. The van der Waals surface area contributed by atoms with E-state index in [0.717, 1.165) is 5.56 Å². The lowest BCUT2D eigenvalue weighted by atomic mass is 10.1. The van der Waals surface area contributed by atoms with Gasteiger partial charge in [0.05, 0.1) is 13.2 Å². The van der Waals surface area contributed by atoms with Gasteiger partial charge in [-0.1, -0.05) is 71.0 Å². The monoisotopic (exact) mass is 376 g/mol. The van der Waals surface area contributed by atoms with Gasteiger partial charge in [0.15, 0.2) is 14.1 Å². The van der Waals surface area contributed by atoms with E-state index in [4.69, 9.17) is 9.16 Å². The van der Waals surface area contributed by atoms with Crippen LogP contribution in [0.15, 0.2) is 42.5 Å². The third-order valence-corrected chi connectivity index (χ3v) is 9.57. The Labute approximate surface area is 160 Å². The number of rotatable bonds is 10. The topological polar surface area (TPSA) is 35.5 Å². The van der Waals surface area contributed by atoms with Crippen molar-refractivity contribution in [3.8, 4) is 0 Å². The van der Waals surface area contributed by atoms with E-state index in [9.17, 15) is 4.79 Å². The predicted octanol–water partition coefficient (Wildman–Crippen LogP) is 5.62. The summed E-state index contributed by atoms with van der Waals surface area (Å²) in [5, 5.41) is 0.205. The van der Waals surface area contributed by atoms with Gasteiger partial charge in [-0.25, -0.2) is 0 Å². The summed E-state index contributed by atoms with van der Waals surface area (Å²) >= 11 is 0. The van der Waals surface area contributed by atoms with Gasteiger partial charge in [-0.15, -0.1) is 0 Å². The summed E-state index contributed by atoms with van der Waals surface area (Å²) in [6.07, 6.45) is 3.65. The number of benzene rings is 1. The van der Waals surface area contributed by atoms with Gasteiger partial charge in [0.1, 0.15) is 0 Å². The highest BCUT2D eigenvalue weighted by Crippen LogP contribution is 2.36. The summed E-state index contributed by atoms with van der Waals surface area (Å²) in [6, 6.07) is 10.0. The minimum absolute atomic E-state index is 0.109. The number of ketones is 1. The zero-order valence-corrected chi connectivity index (χ0v) is 18.5. The van der Waals surface area contributed by atoms with Crippen LogP contribution in [0.1, 0.15) is 40.2 Å². The predicted molar refractivity (Wildman–Crippen MR) is 112 cm³/mol. The lowest BCUT2D eigenvalue weighted by Crippen LogP contribution is -2.41. The maximum absolute atomic E-state index is 12.3. The van der Waals surface area contributed by atoms with Crippen molar-refractivity contribution in [3.63, 3.8) is 0 Å². The Morgan fingerprint density at radius 2 is 1.73 bits per heavy atom. The molecule has 1 aromatic carbocycles. The molecule has 0 spiro atoms. The van der Waals surface area contributed by atoms with Gasteiger partial charge >= 0.3 is 0 Å². The van der Waals surface area contributed by atoms with E-state index < -0.39 is 8.32 Å². The normalized spacial score (nSPS) is 15.2. The first-order valence-electron chi connectivity index (χ1n) is 9.50. The largest absolute Gasteiger partial charge is 0.416 e. The number of carbonyl (C=O) groups is 1. The molecule has 0 saturated carbocycles. The molecule has 0 N–H and O–H groups in total. The van der Waals surface area contributed by atoms with Crippen LogP contribution < -0.4 is 0 Å². The summed E-state index contributed by atoms with van der Waals surface area (Å²) < 4.78 is 11.9. The first kappa shape index (κ1) is 22.8. The fraction of sp³-hybridized carbons (Fsp3) is 0.591. The van der Waals surface area contributed by atoms with Gasteiger partial charge < -0.3 is 9.16 Å². The Morgan fingerprint density at radius 1 is 1.12 bits per heavy atom. The van der Waals surface area contributed by atoms with Crippen LogP contribution >= 0.6 is 0 Å². The van der Waals surface area contributed by atoms with E-state index in [1.807, 2.05) is 43.3 Å². The van der Waals surface area contributed by atoms with Gasteiger partial charge in [-0.3, -0.25) is 4.79 Å². The second-order valence-electron chi connectivity index (χ2n) is 8.71. The second kappa shape index (κ2) is 10.2. The molecule has 0 aliphatic heterocycles. The van der Waals surface area contributed by atoms with E-state index in [-0.39, 0.29) is 22.7 Å². The molecule has 2 atom stereocenters. The Kier molecular flexibility index (Phi) is 8.94. The van der Waals surface area contributed by atoms with Crippen LogP contribution in [0.4, 0.5) is 0 Å². The molecule has 1 rings (SSSR count). The van der Waals surface area contributed by atoms with E-state index >= 15 is 0 Å². The number of hydrogen-bond acceptors (Lipinski definition) is 3. The maximum Gasteiger partial charge on any atom is 0.192 e. The van der Waals surface area contributed by atoms with Crippen LogP contribution in [0, 0.1) is 11.8 Å². The molecule has 3 nitrogen and oxygen atoms in total. The van der Waals surface area contributed by atoms with Crippen molar-refractivity contribution in [2.45, 2.75) is 59.4 Å². The van der Waals surface area contributed by atoms with Gasteiger partial charge in [0, 0.05) is 12.5 Å². The lowest BCUT2D eigenvalue weighted by Gasteiger charge is -2.36. The number of allylic oxidation sites excluding steroid dienone is 1. The van der Waals surface area contributed by atoms with Crippen LogP contribution in [0.2, 0.25) is 18.1 Å². The van der Waals surface area contributed by atoms with E-state index in [1.54, 1.807) is 6.08 Å². The molecule has 0 saturated heterocycles. The average Bonchev–Trinajstić information content (AvgIpc) is 2.57.